The van der Waals surface area contributed by atoms with Gasteiger partial charge in [-0.15, -0.1) is 0 Å². The Hall–Kier alpha value is -3.47. The number of nitrogens with zero attached hydrogens (tertiary/aromatic N) is 2. The highest BCUT2D eigenvalue weighted by molar-refractivity contribution is 6.01. The van der Waals surface area contributed by atoms with Gasteiger partial charge in [-0.2, -0.15) is 0 Å². The molecule has 1 aliphatic carbocycles. The Morgan fingerprint density at radius 1 is 1.03 bits per heavy atom. The summed E-state index contributed by atoms with van der Waals surface area (Å²) in [6.07, 6.45) is 5.63. The third-order valence-electron chi connectivity index (χ3n) is 7.20. The van der Waals surface area contributed by atoms with E-state index in [0.29, 0.717) is 18.1 Å². The molecule has 3 aromatic rings. The van der Waals surface area contributed by atoms with Crippen LogP contribution >= 0.6 is 0 Å². The molecule has 5 nitrogen and oxygen atoms in total. The lowest BCUT2D eigenvalue weighted by Gasteiger charge is -2.27. The van der Waals surface area contributed by atoms with Crippen LogP contribution in [0.25, 0.3) is 0 Å². The molecule has 0 unspecified atom stereocenters. The minimum atomic E-state index is -0.666. The summed E-state index contributed by atoms with van der Waals surface area (Å²) in [6.45, 7) is 4.05. The van der Waals surface area contributed by atoms with Crippen LogP contribution < -0.4 is 0 Å². The first-order valence-corrected chi connectivity index (χ1v) is 12.0. The van der Waals surface area contributed by atoms with Gasteiger partial charge in [0.05, 0.1) is 11.6 Å². The molecule has 1 aliphatic rings. The minimum absolute atomic E-state index is 0.0392. The maximum Gasteiger partial charge on any atom is 0.306 e. The normalized spacial score (nSPS) is 19.5. The Labute approximate surface area is 201 Å². The second-order valence-corrected chi connectivity index (χ2v) is 9.40. The van der Waals surface area contributed by atoms with Crippen molar-refractivity contribution in [2.75, 3.05) is 0 Å². The van der Waals surface area contributed by atoms with E-state index in [0.717, 1.165) is 36.9 Å². The smallest absolute Gasteiger partial charge is 0.306 e. The highest BCUT2D eigenvalue weighted by Gasteiger charge is 2.27. The van der Waals surface area contributed by atoms with E-state index in [2.05, 4.69) is 59.5 Å². The zero-order valence-corrected chi connectivity index (χ0v) is 19.8. The lowest BCUT2D eigenvalue weighted by atomic mass is 9.78. The average Bonchev–Trinajstić information content (AvgIpc) is 2.86. The molecule has 5 heteroatoms. The Balaban J connectivity index is 1.61. The maximum atomic E-state index is 11.3. The second-order valence-electron chi connectivity index (χ2n) is 9.40. The lowest BCUT2D eigenvalue weighted by Crippen LogP contribution is -2.20. The topological polar surface area (TPSA) is 82.8 Å². The van der Waals surface area contributed by atoms with E-state index in [1.165, 1.54) is 22.3 Å². The molecule has 0 aliphatic heterocycles. The zero-order valence-electron chi connectivity index (χ0n) is 19.8. The first kappa shape index (κ1) is 23.7. The SMILES string of the molecule is Cc1cc(/C(C[C@H](c2ccc([C@H]3CC[C@@H](C(=O)O)CC3)cc2)c2ccccc2C)=N/O)ccn1. The van der Waals surface area contributed by atoms with Crippen molar-refractivity contribution in [3.63, 3.8) is 0 Å². The molecule has 2 N–H and O–H groups in total. The van der Waals surface area contributed by atoms with E-state index >= 15 is 0 Å². The van der Waals surface area contributed by atoms with Crippen LogP contribution in [-0.2, 0) is 4.79 Å². The number of aliphatic carboxylic acids is 1. The largest absolute Gasteiger partial charge is 0.481 e. The van der Waals surface area contributed by atoms with Crippen molar-refractivity contribution in [3.8, 4) is 0 Å². The first-order valence-electron chi connectivity index (χ1n) is 12.0. The van der Waals surface area contributed by atoms with Crippen LogP contribution in [0, 0.1) is 19.8 Å². The van der Waals surface area contributed by atoms with E-state index in [4.69, 9.17) is 0 Å². The van der Waals surface area contributed by atoms with E-state index < -0.39 is 5.97 Å². The quantitative estimate of drug-likeness (QED) is 0.243. The van der Waals surface area contributed by atoms with Crippen molar-refractivity contribution < 1.29 is 15.1 Å². The molecule has 34 heavy (non-hydrogen) atoms. The molecule has 176 valence electrons. The van der Waals surface area contributed by atoms with Crippen molar-refractivity contribution in [2.24, 2.45) is 11.1 Å². The van der Waals surface area contributed by atoms with Gasteiger partial charge in [-0.25, -0.2) is 0 Å². The number of carboxylic acid groups (broad SMARTS) is 1. The number of aromatic nitrogens is 1. The molecule has 1 atom stereocenters. The molecule has 1 aromatic heterocycles. The van der Waals surface area contributed by atoms with Crippen LogP contribution in [0.1, 0.15) is 77.5 Å². The van der Waals surface area contributed by atoms with Crippen molar-refractivity contribution in [2.45, 2.75) is 57.8 Å². The fraction of sp³-hybridized carbons (Fsp3) is 0.345. The van der Waals surface area contributed by atoms with Gasteiger partial charge in [-0.05, 0) is 79.8 Å². The number of benzene rings is 2. The highest BCUT2D eigenvalue weighted by atomic mass is 16.4. The summed E-state index contributed by atoms with van der Waals surface area (Å²) >= 11 is 0. The molecule has 0 amide bonds. The highest BCUT2D eigenvalue weighted by Crippen LogP contribution is 2.37. The fourth-order valence-electron chi connectivity index (χ4n) is 5.19. The third-order valence-corrected chi connectivity index (χ3v) is 7.20. The van der Waals surface area contributed by atoms with E-state index in [9.17, 15) is 15.1 Å². The molecular formula is C29H32N2O3. The number of oxime groups is 1. The summed E-state index contributed by atoms with van der Waals surface area (Å²) in [7, 11) is 0. The Bertz CT molecular complexity index is 1160. The van der Waals surface area contributed by atoms with Crippen LogP contribution in [-0.4, -0.2) is 27.0 Å². The molecule has 1 saturated carbocycles. The van der Waals surface area contributed by atoms with Gasteiger partial charge < -0.3 is 10.3 Å². The fourth-order valence-corrected chi connectivity index (χ4v) is 5.19. The zero-order chi connectivity index (χ0) is 24.1. The van der Waals surface area contributed by atoms with Gasteiger partial charge in [0, 0.05) is 29.8 Å². The Morgan fingerprint density at radius 2 is 1.74 bits per heavy atom. The maximum absolute atomic E-state index is 11.3. The van der Waals surface area contributed by atoms with Gasteiger partial charge in [0.25, 0.3) is 0 Å². The number of hydrogen-bond acceptors (Lipinski definition) is 4. The first-order chi connectivity index (χ1) is 16.5. The molecule has 0 saturated heterocycles. The van der Waals surface area contributed by atoms with Crippen molar-refractivity contribution >= 4 is 11.7 Å². The van der Waals surface area contributed by atoms with Gasteiger partial charge in [-0.3, -0.25) is 9.78 Å². The summed E-state index contributed by atoms with van der Waals surface area (Å²) in [5, 5.41) is 22.8. The van der Waals surface area contributed by atoms with Crippen LogP contribution in [0.4, 0.5) is 0 Å². The van der Waals surface area contributed by atoms with Crippen molar-refractivity contribution in [1.82, 2.24) is 4.98 Å². The molecule has 1 heterocycles. The monoisotopic (exact) mass is 456 g/mol. The van der Waals surface area contributed by atoms with E-state index in [1.807, 2.05) is 25.1 Å². The number of carboxylic acids is 1. The summed E-state index contributed by atoms with van der Waals surface area (Å²) in [4.78, 5) is 15.5. The summed E-state index contributed by atoms with van der Waals surface area (Å²) in [5.74, 6) is -0.414. The summed E-state index contributed by atoms with van der Waals surface area (Å²) < 4.78 is 0. The average molecular weight is 457 g/mol. The second kappa shape index (κ2) is 10.6. The summed E-state index contributed by atoms with van der Waals surface area (Å²) in [6, 6.07) is 20.9. The molecule has 2 aromatic carbocycles. The van der Waals surface area contributed by atoms with Gasteiger partial charge in [0.2, 0.25) is 0 Å². The van der Waals surface area contributed by atoms with E-state index in [-0.39, 0.29) is 11.8 Å². The number of rotatable bonds is 7. The predicted octanol–water partition coefficient (Wildman–Crippen LogP) is 6.46. The molecule has 1 fully saturated rings. The van der Waals surface area contributed by atoms with Crippen LogP contribution in [0.5, 0.6) is 0 Å². The van der Waals surface area contributed by atoms with Crippen molar-refractivity contribution in [1.29, 1.82) is 0 Å². The van der Waals surface area contributed by atoms with Gasteiger partial charge in [-0.1, -0.05) is 53.7 Å². The molecule has 0 radical (unpaired) electrons. The Morgan fingerprint density at radius 3 is 2.35 bits per heavy atom. The standard InChI is InChI=1S/C29H32N2O3/c1-19-5-3-4-6-26(19)27(18-28(31-34)25-15-16-30-20(2)17-25)23-11-7-21(8-12-23)22-9-13-24(14-10-22)29(32)33/h3-8,11-12,15-17,22,24,27,34H,9-10,13-14,18H2,1-2H3,(H,32,33)/b31-28+/t22-,24+,27-/m1/s1. The van der Waals surface area contributed by atoms with Crippen LogP contribution in [0.2, 0.25) is 0 Å². The van der Waals surface area contributed by atoms with Crippen LogP contribution in [0.3, 0.4) is 0 Å². The molecule has 0 bridgehead atoms. The number of hydrogen-bond donors (Lipinski definition) is 2. The van der Waals surface area contributed by atoms with E-state index in [1.54, 1.807) is 6.20 Å². The van der Waals surface area contributed by atoms with Gasteiger partial charge in [0.1, 0.15) is 0 Å². The Kier molecular flexibility index (Phi) is 7.41. The van der Waals surface area contributed by atoms with Crippen molar-refractivity contribution in [3.05, 3.63) is 100 Å². The number of carbonyl (C=O) groups is 1. The number of aryl methyl sites for hydroxylation is 2. The van der Waals surface area contributed by atoms with Gasteiger partial charge in [0.15, 0.2) is 0 Å². The molecular weight excluding hydrogens is 424 g/mol. The summed E-state index contributed by atoms with van der Waals surface area (Å²) in [5.41, 5.74) is 7.25. The molecule has 0 spiro atoms. The van der Waals surface area contributed by atoms with Crippen LogP contribution in [0.15, 0.2) is 72.0 Å². The number of pyridine rings is 1. The predicted molar refractivity (Wildman–Crippen MR) is 134 cm³/mol. The minimum Gasteiger partial charge on any atom is -0.481 e. The molecule has 4 rings (SSSR count). The van der Waals surface area contributed by atoms with Gasteiger partial charge >= 0.3 is 5.97 Å². The third kappa shape index (κ3) is 5.36. The lowest BCUT2D eigenvalue weighted by molar-refractivity contribution is -0.142.